The lowest BCUT2D eigenvalue weighted by Crippen LogP contribution is -2.59. The number of benzene rings is 1. The molecular formula is C21H26N2. The second-order valence-corrected chi connectivity index (χ2v) is 7.63. The van der Waals surface area contributed by atoms with Gasteiger partial charge in [0.1, 0.15) is 0 Å². The first-order chi connectivity index (χ1) is 10.9. The summed E-state index contributed by atoms with van der Waals surface area (Å²) < 4.78 is 0. The first kappa shape index (κ1) is 14.7. The Labute approximate surface area is 139 Å². The highest BCUT2D eigenvalue weighted by atomic mass is 15.3. The number of aryl methyl sites for hydroxylation is 3. The zero-order chi connectivity index (χ0) is 16.4. The molecular weight excluding hydrogens is 280 g/mol. The fraction of sp³-hybridized carbons (Fsp3) is 0.476. The van der Waals surface area contributed by atoms with Crippen molar-refractivity contribution in [3.8, 4) is 0 Å². The van der Waals surface area contributed by atoms with E-state index in [1.807, 2.05) is 0 Å². The maximum absolute atomic E-state index is 4.77. The van der Waals surface area contributed by atoms with Gasteiger partial charge in [0.05, 0.1) is 16.9 Å². The Balaban J connectivity index is 1.95. The summed E-state index contributed by atoms with van der Waals surface area (Å²) in [5.74, 6) is 0.633. The van der Waals surface area contributed by atoms with Crippen molar-refractivity contribution in [3.63, 3.8) is 0 Å². The molecule has 3 atom stereocenters. The molecule has 3 unspecified atom stereocenters. The van der Waals surface area contributed by atoms with Crippen LogP contribution in [0.3, 0.4) is 0 Å². The molecule has 23 heavy (non-hydrogen) atoms. The van der Waals surface area contributed by atoms with E-state index in [4.69, 9.17) is 4.98 Å². The number of hydrogen-bond donors (Lipinski definition) is 0. The molecule has 3 heterocycles. The first-order valence-corrected chi connectivity index (χ1v) is 8.77. The van der Waals surface area contributed by atoms with Crippen LogP contribution in [0.15, 0.2) is 30.3 Å². The van der Waals surface area contributed by atoms with Crippen LogP contribution in [0.4, 0.5) is 5.69 Å². The maximum Gasteiger partial charge on any atom is 0.0632 e. The molecule has 0 radical (unpaired) electrons. The highest BCUT2D eigenvalue weighted by Gasteiger charge is 2.51. The van der Waals surface area contributed by atoms with Gasteiger partial charge in [0.2, 0.25) is 0 Å². The van der Waals surface area contributed by atoms with E-state index >= 15 is 0 Å². The third-order valence-electron chi connectivity index (χ3n) is 6.13. The van der Waals surface area contributed by atoms with Crippen molar-refractivity contribution in [1.29, 1.82) is 0 Å². The molecule has 0 spiro atoms. The fourth-order valence-corrected chi connectivity index (χ4v) is 5.25. The van der Waals surface area contributed by atoms with Gasteiger partial charge < -0.3 is 4.90 Å². The molecule has 2 aliphatic heterocycles. The molecule has 2 aromatic rings. The zero-order valence-electron chi connectivity index (χ0n) is 14.9. The molecule has 1 aliphatic carbocycles. The smallest absolute Gasteiger partial charge is 0.0632 e. The minimum absolute atomic E-state index is 0.0806. The van der Waals surface area contributed by atoms with Gasteiger partial charge in [-0.15, -0.1) is 0 Å². The van der Waals surface area contributed by atoms with Gasteiger partial charge in [-0.2, -0.15) is 0 Å². The van der Waals surface area contributed by atoms with Crippen LogP contribution in [0.1, 0.15) is 60.7 Å². The molecule has 1 aromatic carbocycles. The summed E-state index contributed by atoms with van der Waals surface area (Å²) in [6, 6.07) is 11.8. The van der Waals surface area contributed by atoms with E-state index in [2.05, 4.69) is 69.9 Å². The average molecular weight is 306 g/mol. The summed E-state index contributed by atoms with van der Waals surface area (Å²) in [5, 5.41) is 0. The minimum atomic E-state index is 0.0806. The molecule has 2 bridgehead atoms. The van der Waals surface area contributed by atoms with Gasteiger partial charge in [0, 0.05) is 17.7 Å². The van der Waals surface area contributed by atoms with Gasteiger partial charge in [0.15, 0.2) is 0 Å². The lowest BCUT2D eigenvalue weighted by molar-refractivity contribution is 0.235. The third kappa shape index (κ3) is 1.90. The number of fused-ring (bicyclic) bond motifs is 2. The molecule has 2 heteroatoms. The van der Waals surface area contributed by atoms with Crippen LogP contribution in [0.25, 0.3) is 0 Å². The molecule has 2 nitrogen and oxygen atoms in total. The molecule has 0 saturated carbocycles. The van der Waals surface area contributed by atoms with Crippen LogP contribution in [0.5, 0.6) is 0 Å². The maximum atomic E-state index is 4.77. The van der Waals surface area contributed by atoms with Gasteiger partial charge >= 0.3 is 0 Å². The van der Waals surface area contributed by atoms with Crippen LogP contribution in [0.2, 0.25) is 0 Å². The van der Waals surface area contributed by atoms with Crippen LogP contribution in [0, 0.1) is 20.8 Å². The molecule has 0 amide bonds. The number of aromatic nitrogens is 1. The van der Waals surface area contributed by atoms with E-state index in [9.17, 15) is 0 Å². The lowest BCUT2D eigenvalue weighted by Gasteiger charge is -2.59. The molecule has 0 N–H and O–H groups in total. The Kier molecular flexibility index (Phi) is 3.10. The molecule has 1 saturated heterocycles. The van der Waals surface area contributed by atoms with Crippen LogP contribution >= 0.6 is 0 Å². The summed E-state index contributed by atoms with van der Waals surface area (Å²) in [6.07, 6.45) is 2.52. The minimum Gasteiger partial charge on any atom is -0.357 e. The second kappa shape index (κ2) is 4.83. The predicted molar refractivity (Wildman–Crippen MR) is 96.2 cm³/mol. The van der Waals surface area contributed by atoms with Crippen LogP contribution in [-0.4, -0.2) is 11.0 Å². The molecule has 5 rings (SSSR count). The Bertz CT molecular complexity index is 756. The van der Waals surface area contributed by atoms with Crippen molar-refractivity contribution in [1.82, 2.24) is 4.98 Å². The highest BCUT2D eigenvalue weighted by Crippen LogP contribution is 2.55. The highest BCUT2D eigenvalue weighted by molar-refractivity contribution is 5.64. The second-order valence-electron chi connectivity index (χ2n) is 7.63. The Hall–Kier alpha value is -1.83. The van der Waals surface area contributed by atoms with Crippen molar-refractivity contribution in [3.05, 3.63) is 58.4 Å². The quantitative estimate of drug-likeness (QED) is 0.736. The van der Waals surface area contributed by atoms with E-state index in [1.54, 1.807) is 5.56 Å². The molecule has 1 fully saturated rings. The van der Waals surface area contributed by atoms with Crippen molar-refractivity contribution < 1.29 is 0 Å². The average Bonchev–Trinajstić information content (AvgIpc) is 2.49. The van der Waals surface area contributed by atoms with Gasteiger partial charge in [0.25, 0.3) is 0 Å². The molecule has 3 aliphatic rings. The van der Waals surface area contributed by atoms with E-state index in [0.29, 0.717) is 12.0 Å². The largest absolute Gasteiger partial charge is 0.357 e. The van der Waals surface area contributed by atoms with Crippen LogP contribution < -0.4 is 4.90 Å². The Morgan fingerprint density at radius 2 is 1.91 bits per heavy atom. The summed E-state index contributed by atoms with van der Waals surface area (Å²) >= 11 is 0. The van der Waals surface area contributed by atoms with Gasteiger partial charge in [-0.1, -0.05) is 24.3 Å². The van der Waals surface area contributed by atoms with Gasteiger partial charge in [-0.05, 0) is 70.2 Å². The first-order valence-electron chi connectivity index (χ1n) is 8.77. The van der Waals surface area contributed by atoms with E-state index < -0.39 is 0 Å². The van der Waals surface area contributed by atoms with E-state index in [0.717, 1.165) is 5.69 Å². The van der Waals surface area contributed by atoms with Crippen molar-refractivity contribution in [2.45, 2.75) is 65.0 Å². The fourth-order valence-electron chi connectivity index (χ4n) is 5.25. The lowest BCUT2D eigenvalue weighted by atomic mass is 9.64. The standard InChI is InChI=1S/C21H26N2/c1-13-12-14(2)22-15(3)20(13)23-16(4)17-10-11-21(23,5)19-9-7-6-8-18(17)19/h6-9,12,16-17H,10-11H2,1-5H3. The van der Waals surface area contributed by atoms with E-state index in [-0.39, 0.29) is 5.54 Å². The number of piperidine rings is 1. The number of pyridine rings is 1. The predicted octanol–water partition coefficient (Wildman–Crippen LogP) is 5.01. The SMILES string of the molecule is Cc1cc(C)c(N2C(C)C3CCC2(C)c2ccccc23)c(C)n1. The summed E-state index contributed by atoms with van der Waals surface area (Å²) in [6.45, 7) is 11.3. The number of rotatable bonds is 1. The summed E-state index contributed by atoms with van der Waals surface area (Å²) in [5.41, 5.74) is 8.16. The topological polar surface area (TPSA) is 16.1 Å². The third-order valence-corrected chi connectivity index (χ3v) is 6.13. The van der Waals surface area contributed by atoms with E-state index in [1.165, 1.54) is 35.3 Å². The normalized spacial score (nSPS) is 28.8. The number of hydrogen-bond acceptors (Lipinski definition) is 2. The monoisotopic (exact) mass is 306 g/mol. The molecule has 1 aromatic heterocycles. The number of nitrogens with zero attached hydrogens (tertiary/aromatic N) is 2. The summed E-state index contributed by atoms with van der Waals surface area (Å²) in [7, 11) is 0. The van der Waals surface area contributed by atoms with Crippen molar-refractivity contribution >= 4 is 5.69 Å². The molecule has 120 valence electrons. The Morgan fingerprint density at radius 1 is 1.17 bits per heavy atom. The van der Waals surface area contributed by atoms with Gasteiger partial charge in [-0.3, -0.25) is 4.98 Å². The zero-order valence-corrected chi connectivity index (χ0v) is 14.9. The van der Waals surface area contributed by atoms with Crippen molar-refractivity contribution in [2.75, 3.05) is 4.90 Å². The van der Waals surface area contributed by atoms with Gasteiger partial charge in [-0.25, -0.2) is 0 Å². The Morgan fingerprint density at radius 3 is 2.65 bits per heavy atom. The van der Waals surface area contributed by atoms with Crippen molar-refractivity contribution in [2.24, 2.45) is 0 Å². The summed E-state index contributed by atoms with van der Waals surface area (Å²) in [4.78, 5) is 7.45. The van der Waals surface area contributed by atoms with Crippen LogP contribution in [-0.2, 0) is 5.54 Å². The number of anilines is 1.